The normalized spacial score (nSPS) is 10.6. The molecule has 0 unspecified atom stereocenters. The summed E-state index contributed by atoms with van der Waals surface area (Å²) in [6, 6.07) is 8.68. The lowest BCUT2D eigenvalue weighted by Gasteiger charge is -2.06. The minimum atomic E-state index is 0.940. The van der Waals surface area contributed by atoms with E-state index in [0.29, 0.717) is 0 Å². The van der Waals surface area contributed by atoms with E-state index in [1.165, 1.54) is 16.7 Å². The molecule has 0 saturated heterocycles. The van der Waals surface area contributed by atoms with Crippen LogP contribution in [-0.2, 0) is 13.6 Å². The molecule has 2 nitrogen and oxygen atoms in total. The summed E-state index contributed by atoms with van der Waals surface area (Å²) in [7, 11) is 2.06. The van der Waals surface area contributed by atoms with Crippen molar-refractivity contribution in [2.24, 2.45) is 7.05 Å². The lowest BCUT2D eigenvalue weighted by Crippen LogP contribution is -2.38. The van der Waals surface area contributed by atoms with E-state index in [2.05, 4.69) is 66.9 Å². The summed E-state index contributed by atoms with van der Waals surface area (Å²) in [5.41, 5.74) is 4.07. The summed E-state index contributed by atoms with van der Waals surface area (Å²) < 4.78 is 4.29. The van der Waals surface area contributed by atoms with Crippen molar-refractivity contribution in [3.05, 3.63) is 53.3 Å². The van der Waals surface area contributed by atoms with Gasteiger partial charge in [-0.1, -0.05) is 23.8 Å². The second-order valence-corrected chi connectivity index (χ2v) is 4.09. The molecule has 0 bridgehead atoms. The van der Waals surface area contributed by atoms with E-state index >= 15 is 0 Å². The molecule has 0 aliphatic carbocycles. The molecule has 0 radical (unpaired) electrons. The van der Waals surface area contributed by atoms with Gasteiger partial charge >= 0.3 is 0 Å². The van der Waals surface area contributed by atoms with Crippen molar-refractivity contribution in [1.29, 1.82) is 0 Å². The topological polar surface area (TPSA) is 8.81 Å². The van der Waals surface area contributed by atoms with Crippen LogP contribution in [0.2, 0.25) is 0 Å². The van der Waals surface area contributed by atoms with Crippen molar-refractivity contribution in [3.63, 3.8) is 0 Å². The first-order valence-electron chi connectivity index (χ1n) is 5.24. The predicted octanol–water partition coefficient (Wildman–Crippen LogP) is 1.98. The second-order valence-electron chi connectivity index (χ2n) is 4.09. The van der Waals surface area contributed by atoms with Crippen LogP contribution < -0.4 is 4.68 Å². The van der Waals surface area contributed by atoms with E-state index in [1.807, 2.05) is 0 Å². The number of hydrogen-bond donors (Lipinski definition) is 0. The number of benzene rings is 1. The summed E-state index contributed by atoms with van der Waals surface area (Å²) in [6.07, 6.45) is 4.16. The Kier molecular flexibility index (Phi) is 2.58. The minimum absolute atomic E-state index is 0.940. The van der Waals surface area contributed by atoms with Gasteiger partial charge in [-0.05, 0) is 25.0 Å². The van der Waals surface area contributed by atoms with Crippen molar-refractivity contribution in [3.8, 4) is 0 Å². The summed E-state index contributed by atoms with van der Waals surface area (Å²) >= 11 is 0. The predicted molar refractivity (Wildman–Crippen MR) is 60.6 cm³/mol. The van der Waals surface area contributed by atoms with Crippen molar-refractivity contribution >= 4 is 0 Å². The van der Waals surface area contributed by atoms with Crippen molar-refractivity contribution < 1.29 is 4.68 Å². The summed E-state index contributed by atoms with van der Waals surface area (Å²) in [5, 5.41) is 0. The molecule has 0 aliphatic heterocycles. The Labute approximate surface area is 90.8 Å². The first-order chi connectivity index (χ1) is 7.16. The van der Waals surface area contributed by atoms with Gasteiger partial charge in [0.2, 0.25) is 0 Å². The smallest absolute Gasteiger partial charge is 0.157 e. The van der Waals surface area contributed by atoms with E-state index in [1.54, 1.807) is 0 Å². The molecule has 0 atom stereocenters. The zero-order valence-corrected chi connectivity index (χ0v) is 9.57. The number of aromatic nitrogens is 2. The standard InChI is InChI=1S/C13H17N2/c1-11-5-6-13(12(2)9-11)10-15-8-4-7-14(15)3/h4-9H,10H2,1-3H3/q+1. The summed E-state index contributed by atoms with van der Waals surface area (Å²) in [6.45, 7) is 5.24. The van der Waals surface area contributed by atoms with Crippen molar-refractivity contribution in [2.45, 2.75) is 20.4 Å². The van der Waals surface area contributed by atoms with Crippen LogP contribution in [0.1, 0.15) is 16.7 Å². The number of rotatable bonds is 2. The molecule has 0 saturated carbocycles. The van der Waals surface area contributed by atoms with Crippen LogP contribution >= 0.6 is 0 Å². The Bertz CT molecular complexity index is 469. The van der Waals surface area contributed by atoms with E-state index < -0.39 is 0 Å². The van der Waals surface area contributed by atoms with Crippen LogP contribution in [-0.4, -0.2) is 4.68 Å². The zero-order chi connectivity index (χ0) is 10.8. The maximum atomic E-state index is 2.23. The molecule has 0 aliphatic rings. The molecule has 2 aromatic rings. The number of hydrogen-bond acceptors (Lipinski definition) is 0. The molecule has 0 amide bonds. The first-order valence-corrected chi connectivity index (χ1v) is 5.24. The van der Waals surface area contributed by atoms with Gasteiger partial charge in [-0.15, -0.1) is 4.68 Å². The molecule has 2 rings (SSSR count). The second kappa shape index (κ2) is 3.89. The first kappa shape index (κ1) is 9.97. The molecule has 0 fully saturated rings. The Morgan fingerprint density at radius 1 is 1.27 bits per heavy atom. The molecule has 1 aromatic carbocycles. The van der Waals surface area contributed by atoms with Gasteiger partial charge in [-0.25, -0.2) is 0 Å². The third-order valence-corrected chi connectivity index (χ3v) is 2.80. The van der Waals surface area contributed by atoms with Gasteiger partial charge in [0.25, 0.3) is 0 Å². The zero-order valence-electron chi connectivity index (χ0n) is 9.57. The van der Waals surface area contributed by atoms with Crippen LogP contribution in [0.25, 0.3) is 0 Å². The van der Waals surface area contributed by atoms with Crippen LogP contribution in [0, 0.1) is 13.8 Å². The van der Waals surface area contributed by atoms with Gasteiger partial charge in [-0.3, -0.25) is 0 Å². The Balaban J connectivity index is 2.29. The van der Waals surface area contributed by atoms with Gasteiger partial charge in [-0.2, -0.15) is 4.68 Å². The lowest BCUT2D eigenvalue weighted by atomic mass is 10.1. The third kappa shape index (κ3) is 2.09. The Morgan fingerprint density at radius 3 is 2.67 bits per heavy atom. The third-order valence-electron chi connectivity index (χ3n) is 2.80. The van der Waals surface area contributed by atoms with E-state index in [9.17, 15) is 0 Å². The lowest BCUT2D eigenvalue weighted by molar-refractivity contribution is -0.752. The quantitative estimate of drug-likeness (QED) is 0.657. The summed E-state index contributed by atoms with van der Waals surface area (Å²) in [5.74, 6) is 0. The van der Waals surface area contributed by atoms with E-state index in [-0.39, 0.29) is 0 Å². The average Bonchev–Trinajstić information content (AvgIpc) is 2.57. The molecule has 1 heterocycles. The maximum absolute atomic E-state index is 2.23. The fourth-order valence-electron chi connectivity index (χ4n) is 1.82. The van der Waals surface area contributed by atoms with Crippen molar-refractivity contribution in [2.75, 3.05) is 0 Å². The van der Waals surface area contributed by atoms with Crippen LogP contribution in [0.4, 0.5) is 0 Å². The highest BCUT2D eigenvalue weighted by atomic mass is 15.4. The monoisotopic (exact) mass is 201 g/mol. The molecule has 0 spiro atoms. The minimum Gasteiger partial charge on any atom is -0.157 e. The number of nitrogens with zero attached hydrogens (tertiary/aromatic N) is 2. The highest BCUT2D eigenvalue weighted by Crippen LogP contribution is 2.11. The fraction of sp³-hybridized carbons (Fsp3) is 0.308. The molecule has 2 heteroatoms. The molecule has 0 N–H and O–H groups in total. The van der Waals surface area contributed by atoms with Crippen LogP contribution in [0.3, 0.4) is 0 Å². The van der Waals surface area contributed by atoms with E-state index in [4.69, 9.17) is 0 Å². The van der Waals surface area contributed by atoms with Crippen LogP contribution in [0.5, 0.6) is 0 Å². The average molecular weight is 201 g/mol. The molecule has 15 heavy (non-hydrogen) atoms. The van der Waals surface area contributed by atoms with Gasteiger partial charge in [0, 0.05) is 6.07 Å². The van der Waals surface area contributed by atoms with Crippen LogP contribution in [0.15, 0.2) is 36.7 Å². The Hall–Kier alpha value is -1.57. The largest absolute Gasteiger partial charge is 0.195 e. The fourth-order valence-corrected chi connectivity index (χ4v) is 1.82. The van der Waals surface area contributed by atoms with Gasteiger partial charge in [0.1, 0.15) is 6.54 Å². The SMILES string of the molecule is Cc1ccc(Cn2ccc[n+]2C)c(C)c1. The Morgan fingerprint density at radius 2 is 2.07 bits per heavy atom. The highest BCUT2D eigenvalue weighted by Gasteiger charge is 2.05. The maximum Gasteiger partial charge on any atom is 0.195 e. The van der Waals surface area contributed by atoms with Crippen molar-refractivity contribution in [1.82, 2.24) is 4.68 Å². The van der Waals surface area contributed by atoms with Gasteiger partial charge < -0.3 is 0 Å². The number of aryl methyl sites for hydroxylation is 3. The van der Waals surface area contributed by atoms with Gasteiger partial charge in [0.05, 0.1) is 6.20 Å². The van der Waals surface area contributed by atoms with E-state index in [0.717, 1.165) is 6.54 Å². The molecule has 1 aromatic heterocycles. The summed E-state index contributed by atoms with van der Waals surface area (Å²) in [4.78, 5) is 0. The van der Waals surface area contributed by atoms with Gasteiger partial charge in [0.15, 0.2) is 13.2 Å². The highest BCUT2D eigenvalue weighted by molar-refractivity contribution is 5.30. The molecular weight excluding hydrogens is 184 g/mol. The molecular formula is C13H17N2+. The molecule has 78 valence electrons.